The van der Waals surface area contributed by atoms with Crippen LogP contribution in [0.5, 0.6) is 0 Å². The highest BCUT2D eigenvalue weighted by molar-refractivity contribution is 5.80. The lowest BCUT2D eigenvalue weighted by Gasteiger charge is -2.21. The van der Waals surface area contributed by atoms with Gasteiger partial charge in [-0.25, -0.2) is 13.9 Å². The van der Waals surface area contributed by atoms with E-state index >= 15 is 0 Å². The summed E-state index contributed by atoms with van der Waals surface area (Å²) in [6.07, 6.45) is 2.47. The number of hydrogen-bond donors (Lipinski definition) is 1. The summed E-state index contributed by atoms with van der Waals surface area (Å²) in [6, 6.07) is 7.93. The smallest absolute Gasteiger partial charge is 0.272 e. The first-order valence-electron chi connectivity index (χ1n) is 8.65. The van der Waals surface area contributed by atoms with Gasteiger partial charge in [0.2, 0.25) is 0 Å². The van der Waals surface area contributed by atoms with Crippen molar-refractivity contribution in [2.75, 3.05) is 13.2 Å². The van der Waals surface area contributed by atoms with Gasteiger partial charge in [0, 0.05) is 36.5 Å². The van der Waals surface area contributed by atoms with Crippen molar-refractivity contribution < 1.29 is 9.13 Å². The standard InChI is InChI=1S/C19H20FN3O2/c1-2-15-18(13-3-5-14(20)6-4-13)19-21-16(11-17(24)23(19)22-15)12-7-9-25-10-8-12/h3-6,11-12,22H,2,7-10H2,1H3. The molecule has 1 saturated heterocycles. The maximum absolute atomic E-state index is 13.3. The molecule has 25 heavy (non-hydrogen) atoms. The number of ether oxygens (including phenoxy) is 1. The van der Waals surface area contributed by atoms with E-state index in [2.05, 4.69) is 5.10 Å². The normalized spacial score (nSPS) is 15.8. The van der Waals surface area contributed by atoms with Crippen LogP contribution < -0.4 is 5.56 Å². The lowest BCUT2D eigenvalue weighted by Crippen LogP contribution is -2.20. The van der Waals surface area contributed by atoms with Crippen molar-refractivity contribution in [3.05, 3.63) is 57.9 Å². The number of halogens is 1. The fourth-order valence-electron chi connectivity index (χ4n) is 3.48. The van der Waals surface area contributed by atoms with Crippen LogP contribution in [0.15, 0.2) is 35.1 Å². The third-order valence-electron chi connectivity index (χ3n) is 4.84. The number of nitrogens with one attached hydrogen (secondary N) is 1. The molecule has 3 aromatic rings. The van der Waals surface area contributed by atoms with E-state index in [0.29, 0.717) is 18.9 Å². The molecule has 0 spiro atoms. The zero-order valence-electron chi connectivity index (χ0n) is 14.1. The Balaban J connectivity index is 1.92. The average Bonchev–Trinajstić information content (AvgIpc) is 3.02. The molecule has 130 valence electrons. The van der Waals surface area contributed by atoms with Crippen LogP contribution in [-0.2, 0) is 11.2 Å². The lowest BCUT2D eigenvalue weighted by molar-refractivity contribution is 0.0845. The summed E-state index contributed by atoms with van der Waals surface area (Å²) in [5.41, 5.74) is 3.95. The SMILES string of the molecule is CCc1[nH]n2c(=O)cc(C3CCOCC3)nc2c1-c1ccc(F)cc1. The fourth-order valence-corrected chi connectivity index (χ4v) is 3.48. The van der Waals surface area contributed by atoms with Crippen LogP contribution in [0.4, 0.5) is 4.39 Å². The van der Waals surface area contributed by atoms with Gasteiger partial charge in [0.25, 0.3) is 5.56 Å². The van der Waals surface area contributed by atoms with Gasteiger partial charge in [-0.15, -0.1) is 0 Å². The molecule has 6 heteroatoms. The number of nitrogens with zero attached hydrogens (tertiary/aromatic N) is 2. The summed E-state index contributed by atoms with van der Waals surface area (Å²) < 4.78 is 20.2. The van der Waals surface area contributed by atoms with Crippen LogP contribution in [0.3, 0.4) is 0 Å². The van der Waals surface area contributed by atoms with Crippen molar-refractivity contribution in [2.45, 2.75) is 32.1 Å². The van der Waals surface area contributed by atoms with Crippen LogP contribution in [-0.4, -0.2) is 27.8 Å². The van der Waals surface area contributed by atoms with Gasteiger partial charge < -0.3 is 4.74 Å². The minimum absolute atomic E-state index is 0.116. The maximum Gasteiger partial charge on any atom is 0.272 e. The molecule has 4 rings (SSSR count). The molecule has 5 nitrogen and oxygen atoms in total. The number of fused-ring (bicyclic) bond motifs is 1. The number of benzene rings is 1. The predicted molar refractivity (Wildman–Crippen MR) is 93.4 cm³/mol. The number of aromatic nitrogens is 3. The molecular formula is C19H20FN3O2. The predicted octanol–water partition coefficient (Wildman–Crippen LogP) is 3.29. The number of rotatable bonds is 3. The third-order valence-corrected chi connectivity index (χ3v) is 4.84. The van der Waals surface area contributed by atoms with E-state index in [1.807, 2.05) is 6.92 Å². The van der Waals surface area contributed by atoms with E-state index in [0.717, 1.165) is 41.8 Å². The van der Waals surface area contributed by atoms with Crippen molar-refractivity contribution in [1.82, 2.24) is 14.6 Å². The Morgan fingerprint density at radius 1 is 1.28 bits per heavy atom. The minimum atomic E-state index is -0.283. The highest BCUT2D eigenvalue weighted by atomic mass is 19.1. The number of aryl methyl sites for hydroxylation is 1. The summed E-state index contributed by atoms with van der Waals surface area (Å²) in [5, 5.41) is 3.15. The van der Waals surface area contributed by atoms with Gasteiger partial charge in [-0.05, 0) is 37.0 Å². The Labute approximate surface area is 144 Å². The molecule has 0 saturated carbocycles. The zero-order valence-corrected chi connectivity index (χ0v) is 14.1. The number of H-pyrrole nitrogens is 1. The lowest BCUT2D eigenvalue weighted by atomic mass is 9.96. The quantitative estimate of drug-likeness (QED) is 0.795. The van der Waals surface area contributed by atoms with Gasteiger partial charge in [0.1, 0.15) is 5.82 Å². The van der Waals surface area contributed by atoms with Gasteiger partial charge in [-0.1, -0.05) is 19.1 Å². The molecule has 0 bridgehead atoms. The van der Waals surface area contributed by atoms with E-state index in [1.54, 1.807) is 18.2 Å². The van der Waals surface area contributed by atoms with Crippen molar-refractivity contribution in [2.24, 2.45) is 0 Å². The summed E-state index contributed by atoms with van der Waals surface area (Å²) in [7, 11) is 0. The zero-order chi connectivity index (χ0) is 17.4. The molecule has 3 heterocycles. The second-order valence-electron chi connectivity index (χ2n) is 6.39. The molecule has 1 N–H and O–H groups in total. The van der Waals surface area contributed by atoms with E-state index in [9.17, 15) is 9.18 Å². The van der Waals surface area contributed by atoms with Crippen molar-refractivity contribution in [1.29, 1.82) is 0 Å². The van der Waals surface area contributed by atoms with Crippen LogP contribution >= 0.6 is 0 Å². The Kier molecular flexibility index (Phi) is 4.13. The maximum atomic E-state index is 13.3. The van der Waals surface area contributed by atoms with Crippen molar-refractivity contribution in [3.63, 3.8) is 0 Å². The monoisotopic (exact) mass is 341 g/mol. The van der Waals surface area contributed by atoms with Crippen molar-refractivity contribution >= 4 is 5.65 Å². The summed E-state index contributed by atoms with van der Waals surface area (Å²) in [4.78, 5) is 17.4. The van der Waals surface area contributed by atoms with Gasteiger partial charge in [0.15, 0.2) is 5.65 Å². The molecule has 0 aliphatic carbocycles. The van der Waals surface area contributed by atoms with Crippen LogP contribution in [0.2, 0.25) is 0 Å². The molecule has 0 unspecified atom stereocenters. The van der Waals surface area contributed by atoms with Crippen LogP contribution in [0.25, 0.3) is 16.8 Å². The van der Waals surface area contributed by atoms with E-state index in [4.69, 9.17) is 9.72 Å². The Bertz CT molecular complexity index is 953. The van der Waals surface area contributed by atoms with Crippen molar-refractivity contribution in [3.8, 4) is 11.1 Å². The molecule has 0 radical (unpaired) electrons. The highest BCUT2D eigenvalue weighted by Crippen LogP contribution is 2.30. The number of aromatic amines is 1. The summed E-state index contributed by atoms with van der Waals surface area (Å²) in [6.45, 7) is 3.41. The Morgan fingerprint density at radius 2 is 2.00 bits per heavy atom. The van der Waals surface area contributed by atoms with Crippen LogP contribution in [0, 0.1) is 5.82 Å². The molecule has 1 fully saturated rings. The minimum Gasteiger partial charge on any atom is -0.381 e. The van der Waals surface area contributed by atoms with E-state index < -0.39 is 0 Å². The Morgan fingerprint density at radius 3 is 2.68 bits per heavy atom. The first-order chi connectivity index (χ1) is 12.2. The molecule has 2 aromatic heterocycles. The first-order valence-corrected chi connectivity index (χ1v) is 8.65. The molecule has 1 aromatic carbocycles. The Hall–Kier alpha value is -2.47. The summed E-state index contributed by atoms with van der Waals surface area (Å²) >= 11 is 0. The van der Waals surface area contributed by atoms with Gasteiger partial charge >= 0.3 is 0 Å². The number of hydrogen-bond acceptors (Lipinski definition) is 3. The highest BCUT2D eigenvalue weighted by Gasteiger charge is 2.21. The van der Waals surface area contributed by atoms with Gasteiger partial charge in [-0.2, -0.15) is 0 Å². The molecule has 0 atom stereocenters. The van der Waals surface area contributed by atoms with Gasteiger partial charge in [0.05, 0.1) is 5.69 Å². The fraction of sp³-hybridized carbons (Fsp3) is 0.368. The largest absolute Gasteiger partial charge is 0.381 e. The van der Waals surface area contributed by atoms with Gasteiger partial charge in [-0.3, -0.25) is 9.89 Å². The second kappa shape index (κ2) is 6.44. The summed E-state index contributed by atoms with van der Waals surface area (Å²) in [5.74, 6) is -0.0397. The average molecular weight is 341 g/mol. The third kappa shape index (κ3) is 2.87. The molecule has 1 aliphatic heterocycles. The molecule has 1 aliphatic rings. The van der Waals surface area contributed by atoms with E-state index in [-0.39, 0.29) is 17.3 Å². The van der Waals surface area contributed by atoms with Crippen LogP contribution in [0.1, 0.15) is 37.1 Å². The molecular weight excluding hydrogens is 321 g/mol. The van der Waals surface area contributed by atoms with E-state index in [1.165, 1.54) is 16.6 Å². The first kappa shape index (κ1) is 16.0. The topological polar surface area (TPSA) is 59.4 Å². The second-order valence-corrected chi connectivity index (χ2v) is 6.39. The molecule has 0 amide bonds.